The third-order valence-corrected chi connectivity index (χ3v) is 4.26. The van der Waals surface area contributed by atoms with Crippen molar-refractivity contribution in [3.05, 3.63) is 47.9 Å². The van der Waals surface area contributed by atoms with Gasteiger partial charge in [0.05, 0.1) is 5.69 Å². The third-order valence-electron chi connectivity index (χ3n) is 4.26. The molecule has 4 rings (SSSR count). The van der Waals surface area contributed by atoms with Gasteiger partial charge in [-0.15, -0.1) is 0 Å². The summed E-state index contributed by atoms with van der Waals surface area (Å²) in [6.07, 6.45) is 11.4. The molecular formula is C17H21N7. The normalized spacial score (nSPS) is 19.9. The number of nitrogens with two attached hydrogens (primary N) is 1. The van der Waals surface area contributed by atoms with E-state index in [1.165, 1.54) is 12.8 Å². The number of hydrogen-bond donors (Lipinski definition) is 4. The lowest BCUT2D eigenvalue weighted by atomic mass is 10.00. The molecule has 2 aromatic heterocycles. The predicted molar refractivity (Wildman–Crippen MR) is 93.9 cm³/mol. The van der Waals surface area contributed by atoms with Crippen LogP contribution >= 0.6 is 0 Å². The number of hydrogen-bond acceptors (Lipinski definition) is 6. The van der Waals surface area contributed by atoms with Crippen molar-refractivity contribution < 1.29 is 0 Å². The molecule has 0 aliphatic heterocycles. The molecule has 0 amide bonds. The van der Waals surface area contributed by atoms with Crippen LogP contribution in [0.4, 0.5) is 17.6 Å². The molecule has 1 fully saturated rings. The molecule has 0 radical (unpaired) electrons. The maximum atomic E-state index is 5.68. The van der Waals surface area contributed by atoms with Gasteiger partial charge in [0.2, 0.25) is 5.95 Å². The molecule has 1 atom stereocenters. The standard InChI is InChI=1S/C17H21N7/c18-10-11-1-5-13(6-2-11)20-17-19-8-7-15(22-17)21-16-9-14(23-24-16)12-3-4-12/h1,5-9,11-12H,2-4,10,18H2,(H3,19,20,21,22,23,24). The molecule has 2 aromatic rings. The Morgan fingerprint density at radius 2 is 2.21 bits per heavy atom. The van der Waals surface area contributed by atoms with Crippen molar-refractivity contribution in [3.63, 3.8) is 0 Å². The first-order valence-electron chi connectivity index (χ1n) is 8.31. The van der Waals surface area contributed by atoms with E-state index in [-0.39, 0.29) is 0 Å². The fourth-order valence-corrected chi connectivity index (χ4v) is 2.68. The van der Waals surface area contributed by atoms with E-state index in [1.807, 2.05) is 18.2 Å². The minimum atomic E-state index is 0.422. The van der Waals surface area contributed by atoms with Crippen molar-refractivity contribution in [2.75, 3.05) is 17.2 Å². The molecule has 7 heteroatoms. The van der Waals surface area contributed by atoms with Gasteiger partial charge in [-0.25, -0.2) is 4.98 Å². The van der Waals surface area contributed by atoms with Crippen LogP contribution in [0.3, 0.4) is 0 Å². The van der Waals surface area contributed by atoms with Crippen molar-refractivity contribution in [1.82, 2.24) is 20.2 Å². The maximum absolute atomic E-state index is 5.68. The Hall–Kier alpha value is -2.67. The van der Waals surface area contributed by atoms with E-state index in [0.717, 1.165) is 29.4 Å². The summed E-state index contributed by atoms with van der Waals surface area (Å²) in [6.45, 7) is 0.670. The molecule has 124 valence electrons. The summed E-state index contributed by atoms with van der Waals surface area (Å²) >= 11 is 0. The van der Waals surface area contributed by atoms with E-state index in [9.17, 15) is 0 Å². The molecule has 0 saturated heterocycles. The van der Waals surface area contributed by atoms with Crippen LogP contribution in [0.25, 0.3) is 0 Å². The zero-order valence-corrected chi connectivity index (χ0v) is 13.4. The van der Waals surface area contributed by atoms with Crippen LogP contribution < -0.4 is 16.4 Å². The molecule has 7 nitrogen and oxygen atoms in total. The summed E-state index contributed by atoms with van der Waals surface area (Å²) < 4.78 is 0. The summed E-state index contributed by atoms with van der Waals surface area (Å²) in [7, 11) is 0. The quantitative estimate of drug-likeness (QED) is 0.651. The molecule has 2 aliphatic rings. The number of nitrogens with one attached hydrogen (secondary N) is 3. The van der Waals surface area contributed by atoms with Gasteiger partial charge in [-0.3, -0.25) is 5.10 Å². The summed E-state index contributed by atoms with van der Waals surface area (Å²) in [4.78, 5) is 8.76. The SMILES string of the molecule is NCC1C=CC(Nc2nccc(Nc3cc(C4CC4)n[nH]3)n2)=CC1. The molecule has 2 aliphatic carbocycles. The van der Waals surface area contributed by atoms with Gasteiger partial charge in [-0.05, 0) is 43.9 Å². The minimum Gasteiger partial charge on any atom is -0.330 e. The zero-order chi connectivity index (χ0) is 16.4. The fourth-order valence-electron chi connectivity index (χ4n) is 2.68. The van der Waals surface area contributed by atoms with E-state index in [4.69, 9.17) is 5.73 Å². The smallest absolute Gasteiger partial charge is 0.229 e. The van der Waals surface area contributed by atoms with Crippen molar-refractivity contribution in [1.29, 1.82) is 0 Å². The monoisotopic (exact) mass is 323 g/mol. The lowest BCUT2D eigenvalue weighted by Crippen LogP contribution is -2.14. The first kappa shape index (κ1) is 14.9. The van der Waals surface area contributed by atoms with Crippen LogP contribution in [-0.2, 0) is 0 Å². The molecule has 0 spiro atoms. The average molecular weight is 323 g/mol. The molecule has 5 N–H and O–H groups in total. The highest BCUT2D eigenvalue weighted by molar-refractivity contribution is 5.54. The largest absolute Gasteiger partial charge is 0.330 e. The Balaban J connectivity index is 1.41. The Morgan fingerprint density at radius 1 is 1.29 bits per heavy atom. The predicted octanol–water partition coefficient (Wildman–Crippen LogP) is 2.65. The number of H-pyrrole nitrogens is 1. The summed E-state index contributed by atoms with van der Waals surface area (Å²) in [5.41, 5.74) is 7.79. The second-order valence-corrected chi connectivity index (χ2v) is 6.25. The highest BCUT2D eigenvalue weighted by Crippen LogP contribution is 2.39. The number of allylic oxidation sites excluding steroid dienone is 2. The molecule has 0 bridgehead atoms. The lowest BCUT2D eigenvalue weighted by Gasteiger charge is -2.15. The molecule has 1 saturated carbocycles. The number of aromatic nitrogens is 4. The highest BCUT2D eigenvalue weighted by Gasteiger charge is 2.26. The van der Waals surface area contributed by atoms with Crippen LogP contribution in [0, 0.1) is 5.92 Å². The molecule has 1 unspecified atom stereocenters. The van der Waals surface area contributed by atoms with E-state index in [2.05, 4.69) is 43.0 Å². The van der Waals surface area contributed by atoms with Crippen LogP contribution in [-0.4, -0.2) is 26.7 Å². The van der Waals surface area contributed by atoms with Crippen molar-refractivity contribution >= 4 is 17.6 Å². The lowest BCUT2D eigenvalue weighted by molar-refractivity contribution is 0.665. The fraction of sp³-hybridized carbons (Fsp3) is 0.353. The summed E-state index contributed by atoms with van der Waals surface area (Å²) in [5, 5.41) is 13.8. The van der Waals surface area contributed by atoms with E-state index >= 15 is 0 Å². The van der Waals surface area contributed by atoms with E-state index in [1.54, 1.807) is 6.20 Å². The second kappa shape index (κ2) is 6.45. The van der Waals surface area contributed by atoms with Crippen LogP contribution in [0.5, 0.6) is 0 Å². The summed E-state index contributed by atoms with van der Waals surface area (Å²) in [6, 6.07) is 3.88. The van der Waals surface area contributed by atoms with Crippen molar-refractivity contribution in [2.45, 2.75) is 25.2 Å². The molecule has 2 heterocycles. The van der Waals surface area contributed by atoms with Gasteiger partial charge in [0.15, 0.2) is 0 Å². The highest BCUT2D eigenvalue weighted by atomic mass is 15.2. The van der Waals surface area contributed by atoms with Gasteiger partial charge in [-0.1, -0.05) is 12.2 Å². The number of aromatic amines is 1. The second-order valence-electron chi connectivity index (χ2n) is 6.25. The van der Waals surface area contributed by atoms with Crippen molar-refractivity contribution in [2.24, 2.45) is 11.7 Å². The summed E-state index contributed by atoms with van der Waals surface area (Å²) in [5.74, 6) is 3.18. The van der Waals surface area contributed by atoms with E-state index in [0.29, 0.717) is 24.3 Å². The molecular weight excluding hydrogens is 302 g/mol. The van der Waals surface area contributed by atoms with Gasteiger partial charge in [0.25, 0.3) is 0 Å². The van der Waals surface area contributed by atoms with Crippen LogP contribution in [0.2, 0.25) is 0 Å². The Bertz CT molecular complexity index is 773. The molecule has 0 aromatic carbocycles. The van der Waals surface area contributed by atoms with Gasteiger partial charge in [-0.2, -0.15) is 10.1 Å². The maximum Gasteiger partial charge on any atom is 0.229 e. The van der Waals surface area contributed by atoms with Gasteiger partial charge < -0.3 is 16.4 Å². The van der Waals surface area contributed by atoms with Gasteiger partial charge in [0, 0.05) is 23.9 Å². The zero-order valence-electron chi connectivity index (χ0n) is 13.4. The van der Waals surface area contributed by atoms with E-state index < -0.39 is 0 Å². The Morgan fingerprint density at radius 3 is 2.96 bits per heavy atom. The third kappa shape index (κ3) is 3.46. The van der Waals surface area contributed by atoms with Crippen LogP contribution in [0.15, 0.2) is 42.3 Å². The number of anilines is 3. The first-order valence-corrected chi connectivity index (χ1v) is 8.31. The topological polar surface area (TPSA) is 105 Å². The van der Waals surface area contributed by atoms with Crippen molar-refractivity contribution in [3.8, 4) is 0 Å². The Labute approximate surface area is 140 Å². The number of rotatable bonds is 6. The first-order chi connectivity index (χ1) is 11.8. The van der Waals surface area contributed by atoms with Gasteiger partial charge in [0.1, 0.15) is 11.6 Å². The Kier molecular flexibility index (Phi) is 4.00. The average Bonchev–Trinajstić information content (AvgIpc) is 3.36. The number of nitrogens with zero attached hydrogens (tertiary/aromatic N) is 3. The minimum absolute atomic E-state index is 0.422. The van der Waals surface area contributed by atoms with Crippen LogP contribution in [0.1, 0.15) is 30.9 Å². The van der Waals surface area contributed by atoms with Gasteiger partial charge >= 0.3 is 0 Å². The molecule has 24 heavy (non-hydrogen) atoms.